The fourth-order valence-electron chi connectivity index (χ4n) is 4.80. The number of H-pyrrole nitrogens is 1. The fraction of sp³-hybridized carbons (Fsp3) is 0.214. The van der Waals surface area contributed by atoms with Gasteiger partial charge >= 0.3 is 0 Å². The number of fused-ring (bicyclic) bond motifs is 2. The molecule has 9 nitrogen and oxygen atoms in total. The Hall–Kier alpha value is -4.57. The molecule has 0 aliphatic carbocycles. The molecule has 6 rings (SSSR count). The van der Waals surface area contributed by atoms with E-state index in [1.165, 1.54) is 12.1 Å². The highest BCUT2D eigenvalue weighted by molar-refractivity contribution is 5.83. The standard InChI is InChI=1S/C28H25FN6O3/c1-2-34(15-18-6-4-3-5-7-18)26(27-31-32-33-35(27)16-19-8-10-21(29)11-9-19)22-12-20-13-24-25(38-17-37-24)14-23(20)30-28(22)36/h3-14,26H,2,15-17H2,1H3,(H,30,36)/t26-/m0/s1. The van der Waals surface area contributed by atoms with Gasteiger partial charge in [-0.1, -0.05) is 49.4 Å². The van der Waals surface area contributed by atoms with Crippen molar-refractivity contribution in [3.8, 4) is 11.5 Å². The molecule has 0 amide bonds. The van der Waals surface area contributed by atoms with Crippen molar-refractivity contribution in [2.45, 2.75) is 26.1 Å². The van der Waals surface area contributed by atoms with E-state index in [4.69, 9.17) is 9.47 Å². The van der Waals surface area contributed by atoms with Gasteiger partial charge in [0, 0.05) is 23.6 Å². The van der Waals surface area contributed by atoms with Crippen molar-refractivity contribution >= 4 is 10.9 Å². The lowest BCUT2D eigenvalue weighted by Gasteiger charge is -2.30. The molecule has 1 N–H and O–H groups in total. The summed E-state index contributed by atoms with van der Waals surface area (Å²) < 4.78 is 26.2. The Labute approximate surface area is 217 Å². The van der Waals surface area contributed by atoms with Crippen molar-refractivity contribution in [1.82, 2.24) is 30.1 Å². The van der Waals surface area contributed by atoms with E-state index in [1.54, 1.807) is 22.9 Å². The lowest BCUT2D eigenvalue weighted by Crippen LogP contribution is -2.35. The highest BCUT2D eigenvalue weighted by Crippen LogP contribution is 2.36. The number of aromatic amines is 1. The van der Waals surface area contributed by atoms with Crippen LogP contribution in [-0.4, -0.2) is 43.4 Å². The van der Waals surface area contributed by atoms with E-state index in [2.05, 4.69) is 25.4 Å². The molecule has 0 saturated heterocycles. The van der Waals surface area contributed by atoms with Gasteiger partial charge in [-0.15, -0.1) is 5.10 Å². The molecular weight excluding hydrogens is 487 g/mol. The maximum Gasteiger partial charge on any atom is 0.253 e. The summed E-state index contributed by atoms with van der Waals surface area (Å²) in [5.74, 6) is 1.43. The van der Waals surface area contributed by atoms with E-state index < -0.39 is 6.04 Å². The Morgan fingerprint density at radius 2 is 1.79 bits per heavy atom. The molecule has 2 aromatic heterocycles. The minimum Gasteiger partial charge on any atom is -0.454 e. The molecule has 0 saturated carbocycles. The third-order valence-corrected chi connectivity index (χ3v) is 6.71. The third kappa shape index (κ3) is 4.61. The topological polar surface area (TPSA) is 98.2 Å². The summed E-state index contributed by atoms with van der Waals surface area (Å²) in [6, 6.07) is 21.2. The van der Waals surface area contributed by atoms with E-state index in [9.17, 15) is 9.18 Å². The monoisotopic (exact) mass is 512 g/mol. The van der Waals surface area contributed by atoms with Gasteiger partial charge in [0.2, 0.25) is 6.79 Å². The Bertz CT molecular complexity index is 1630. The lowest BCUT2D eigenvalue weighted by atomic mass is 10.0. The summed E-state index contributed by atoms with van der Waals surface area (Å²) in [6.07, 6.45) is 0. The number of tetrazole rings is 1. The largest absolute Gasteiger partial charge is 0.454 e. The number of ether oxygens (including phenoxy) is 2. The molecule has 0 unspecified atom stereocenters. The quantitative estimate of drug-likeness (QED) is 0.335. The number of pyridine rings is 1. The average Bonchev–Trinajstić information content (AvgIpc) is 3.58. The summed E-state index contributed by atoms with van der Waals surface area (Å²) in [5, 5.41) is 13.4. The summed E-state index contributed by atoms with van der Waals surface area (Å²) in [6.45, 7) is 3.71. The molecule has 0 fully saturated rings. The minimum atomic E-state index is -0.561. The molecule has 3 aromatic carbocycles. The van der Waals surface area contributed by atoms with Crippen LogP contribution < -0.4 is 15.0 Å². The zero-order valence-electron chi connectivity index (χ0n) is 20.7. The van der Waals surface area contributed by atoms with Gasteiger partial charge in [-0.2, -0.15) is 0 Å². The Balaban J connectivity index is 1.47. The smallest absolute Gasteiger partial charge is 0.253 e. The number of aromatic nitrogens is 5. The van der Waals surface area contributed by atoms with Crippen molar-refractivity contribution in [1.29, 1.82) is 0 Å². The molecule has 0 spiro atoms. The number of nitrogens with zero attached hydrogens (tertiary/aromatic N) is 5. The second-order valence-corrected chi connectivity index (χ2v) is 9.12. The molecule has 38 heavy (non-hydrogen) atoms. The highest BCUT2D eigenvalue weighted by Gasteiger charge is 2.30. The second kappa shape index (κ2) is 10.1. The van der Waals surface area contributed by atoms with E-state index >= 15 is 0 Å². The molecular formula is C28H25FN6O3. The van der Waals surface area contributed by atoms with Crippen molar-refractivity contribution in [2.24, 2.45) is 0 Å². The van der Waals surface area contributed by atoms with E-state index in [-0.39, 0.29) is 18.2 Å². The first kappa shape index (κ1) is 23.8. The summed E-state index contributed by atoms with van der Waals surface area (Å²) in [7, 11) is 0. The molecule has 1 aliphatic rings. The average molecular weight is 513 g/mol. The van der Waals surface area contributed by atoms with Gasteiger partial charge in [0.1, 0.15) is 11.9 Å². The maximum atomic E-state index is 13.6. The first-order chi connectivity index (χ1) is 18.6. The number of hydrogen-bond donors (Lipinski definition) is 1. The number of halogens is 1. The number of rotatable bonds is 8. The molecule has 1 atom stereocenters. The molecule has 3 heterocycles. The van der Waals surface area contributed by atoms with Crippen LogP contribution in [-0.2, 0) is 13.1 Å². The molecule has 10 heteroatoms. The fourth-order valence-corrected chi connectivity index (χ4v) is 4.80. The first-order valence-electron chi connectivity index (χ1n) is 12.3. The van der Waals surface area contributed by atoms with Crippen LogP contribution in [0.5, 0.6) is 11.5 Å². The van der Waals surface area contributed by atoms with Gasteiger partial charge in [-0.3, -0.25) is 9.69 Å². The Morgan fingerprint density at radius 3 is 2.55 bits per heavy atom. The summed E-state index contributed by atoms with van der Waals surface area (Å²) >= 11 is 0. The normalized spacial score (nSPS) is 13.3. The second-order valence-electron chi connectivity index (χ2n) is 9.12. The predicted octanol–water partition coefficient (Wildman–Crippen LogP) is 4.04. The molecule has 0 bridgehead atoms. The van der Waals surface area contributed by atoms with Crippen molar-refractivity contribution in [3.05, 3.63) is 111 Å². The van der Waals surface area contributed by atoms with Gasteiger partial charge in [0.15, 0.2) is 17.3 Å². The van der Waals surface area contributed by atoms with Crippen LogP contribution in [0, 0.1) is 5.82 Å². The Kier molecular flexibility index (Phi) is 6.30. The van der Waals surface area contributed by atoms with Crippen LogP contribution in [0.1, 0.15) is 35.5 Å². The van der Waals surface area contributed by atoms with Gasteiger partial charge in [-0.25, -0.2) is 9.07 Å². The zero-order chi connectivity index (χ0) is 26.1. The number of hydrogen-bond acceptors (Lipinski definition) is 7. The minimum absolute atomic E-state index is 0.143. The summed E-state index contributed by atoms with van der Waals surface area (Å²) in [4.78, 5) is 18.7. The van der Waals surface area contributed by atoms with E-state index in [0.717, 1.165) is 16.5 Å². The predicted molar refractivity (Wildman–Crippen MR) is 138 cm³/mol. The van der Waals surface area contributed by atoms with Crippen LogP contribution in [0.3, 0.4) is 0 Å². The molecule has 1 aliphatic heterocycles. The maximum absolute atomic E-state index is 13.6. The van der Waals surface area contributed by atoms with Crippen LogP contribution in [0.2, 0.25) is 0 Å². The van der Waals surface area contributed by atoms with Crippen molar-refractivity contribution in [2.75, 3.05) is 13.3 Å². The van der Waals surface area contributed by atoms with Crippen LogP contribution in [0.25, 0.3) is 10.9 Å². The van der Waals surface area contributed by atoms with E-state index in [0.29, 0.717) is 48.0 Å². The van der Waals surface area contributed by atoms with E-state index in [1.807, 2.05) is 49.4 Å². The van der Waals surface area contributed by atoms with Gasteiger partial charge in [-0.05, 0) is 52.4 Å². The van der Waals surface area contributed by atoms with Crippen molar-refractivity contribution in [3.63, 3.8) is 0 Å². The Morgan fingerprint density at radius 1 is 1.03 bits per heavy atom. The lowest BCUT2D eigenvalue weighted by molar-refractivity contribution is 0.174. The van der Waals surface area contributed by atoms with Gasteiger partial charge < -0.3 is 14.5 Å². The highest BCUT2D eigenvalue weighted by atomic mass is 19.1. The van der Waals surface area contributed by atoms with Crippen LogP contribution in [0.15, 0.2) is 77.6 Å². The van der Waals surface area contributed by atoms with Crippen molar-refractivity contribution < 1.29 is 13.9 Å². The number of benzene rings is 3. The first-order valence-corrected chi connectivity index (χ1v) is 12.3. The van der Waals surface area contributed by atoms with Gasteiger partial charge in [0.05, 0.1) is 12.1 Å². The third-order valence-electron chi connectivity index (χ3n) is 6.71. The molecule has 192 valence electrons. The zero-order valence-corrected chi connectivity index (χ0v) is 20.7. The van der Waals surface area contributed by atoms with Crippen LogP contribution in [0.4, 0.5) is 4.39 Å². The van der Waals surface area contributed by atoms with Crippen LogP contribution >= 0.6 is 0 Å². The van der Waals surface area contributed by atoms with Gasteiger partial charge in [0.25, 0.3) is 5.56 Å². The molecule has 0 radical (unpaired) electrons. The number of nitrogens with one attached hydrogen (secondary N) is 1. The molecule has 5 aromatic rings. The summed E-state index contributed by atoms with van der Waals surface area (Å²) in [5.41, 5.74) is 2.84. The SMILES string of the molecule is CCN(Cc1ccccc1)[C@@H](c1cc2cc3c(cc2[nH]c1=O)OCO3)c1nnnn1Cc1ccc(F)cc1.